The average molecular weight is 287 g/mol. The molecule has 0 spiro atoms. The lowest BCUT2D eigenvalue weighted by Gasteiger charge is -2.09. The lowest BCUT2D eigenvalue weighted by Crippen LogP contribution is -2.01. The summed E-state index contributed by atoms with van der Waals surface area (Å²) < 4.78 is 18.9. The van der Waals surface area contributed by atoms with Crippen LogP contribution in [0.3, 0.4) is 0 Å². The summed E-state index contributed by atoms with van der Waals surface area (Å²) in [5, 5.41) is 12.1. The van der Waals surface area contributed by atoms with Crippen molar-refractivity contribution >= 4 is 5.71 Å². The minimum absolute atomic E-state index is 0.263. The number of aryl methyl sites for hydroxylation is 1. The Morgan fingerprint density at radius 1 is 1.19 bits per heavy atom. The number of oxime groups is 1. The molecule has 0 aliphatic carbocycles. The molecule has 2 aromatic carbocycles. The highest BCUT2D eigenvalue weighted by atomic mass is 19.1. The molecule has 0 saturated carbocycles. The Kier molecular flexibility index (Phi) is 4.93. The van der Waals surface area contributed by atoms with Crippen molar-refractivity contribution in [3.05, 3.63) is 65.0 Å². The van der Waals surface area contributed by atoms with Crippen LogP contribution in [0.25, 0.3) is 0 Å². The van der Waals surface area contributed by atoms with Crippen LogP contribution in [-0.2, 0) is 6.61 Å². The first-order chi connectivity index (χ1) is 10.1. The van der Waals surface area contributed by atoms with E-state index >= 15 is 0 Å². The van der Waals surface area contributed by atoms with Crippen LogP contribution in [0, 0.1) is 12.7 Å². The van der Waals surface area contributed by atoms with Crippen LogP contribution in [-0.4, -0.2) is 10.9 Å². The fourth-order valence-corrected chi connectivity index (χ4v) is 2.03. The van der Waals surface area contributed by atoms with Gasteiger partial charge in [-0.2, -0.15) is 0 Å². The van der Waals surface area contributed by atoms with E-state index in [1.165, 1.54) is 12.1 Å². The SMILES string of the molecule is CC/C(=N/O)c1ccc(OCc2cc(F)ccc2C)cc1. The zero-order chi connectivity index (χ0) is 15.2. The van der Waals surface area contributed by atoms with E-state index in [4.69, 9.17) is 9.94 Å². The van der Waals surface area contributed by atoms with Gasteiger partial charge in [-0.1, -0.05) is 18.1 Å². The molecule has 1 N–H and O–H groups in total. The van der Waals surface area contributed by atoms with E-state index in [9.17, 15) is 4.39 Å². The molecule has 21 heavy (non-hydrogen) atoms. The second kappa shape index (κ2) is 6.88. The molecule has 0 amide bonds. The summed E-state index contributed by atoms with van der Waals surface area (Å²) >= 11 is 0. The molecule has 4 heteroatoms. The topological polar surface area (TPSA) is 41.8 Å². The average Bonchev–Trinajstić information content (AvgIpc) is 2.51. The van der Waals surface area contributed by atoms with E-state index in [-0.39, 0.29) is 5.82 Å². The Labute approximate surface area is 123 Å². The molecule has 0 unspecified atom stereocenters. The molecule has 0 atom stereocenters. The van der Waals surface area contributed by atoms with E-state index in [1.54, 1.807) is 6.07 Å². The Morgan fingerprint density at radius 2 is 1.90 bits per heavy atom. The first-order valence-corrected chi connectivity index (χ1v) is 6.83. The van der Waals surface area contributed by atoms with Gasteiger partial charge in [0.05, 0.1) is 5.71 Å². The van der Waals surface area contributed by atoms with Crippen molar-refractivity contribution in [1.82, 2.24) is 0 Å². The molecule has 2 aromatic rings. The Hall–Kier alpha value is -2.36. The van der Waals surface area contributed by atoms with Crippen LogP contribution < -0.4 is 4.74 Å². The van der Waals surface area contributed by atoms with Gasteiger partial charge >= 0.3 is 0 Å². The van der Waals surface area contributed by atoms with Crippen molar-refractivity contribution in [3.63, 3.8) is 0 Å². The summed E-state index contributed by atoms with van der Waals surface area (Å²) in [4.78, 5) is 0. The first kappa shape index (κ1) is 15.0. The fourth-order valence-electron chi connectivity index (χ4n) is 2.03. The third-order valence-electron chi connectivity index (χ3n) is 3.35. The second-order valence-corrected chi connectivity index (χ2v) is 4.78. The minimum Gasteiger partial charge on any atom is -0.489 e. The number of halogens is 1. The van der Waals surface area contributed by atoms with Gasteiger partial charge in [0.1, 0.15) is 18.2 Å². The maximum absolute atomic E-state index is 13.2. The quantitative estimate of drug-likeness (QED) is 0.506. The van der Waals surface area contributed by atoms with Gasteiger partial charge in [0.2, 0.25) is 0 Å². The van der Waals surface area contributed by atoms with Gasteiger partial charge in [0.15, 0.2) is 0 Å². The van der Waals surface area contributed by atoms with Crippen LogP contribution in [0.15, 0.2) is 47.6 Å². The van der Waals surface area contributed by atoms with Crippen molar-refractivity contribution in [2.24, 2.45) is 5.16 Å². The van der Waals surface area contributed by atoms with E-state index in [0.717, 1.165) is 16.7 Å². The van der Waals surface area contributed by atoms with Crippen LogP contribution >= 0.6 is 0 Å². The molecular formula is C17H18FNO2. The van der Waals surface area contributed by atoms with Crippen LogP contribution in [0.2, 0.25) is 0 Å². The molecule has 2 rings (SSSR count). The maximum Gasteiger partial charge on any atom is 0.123 e. The number of rotatable bonds is 5. The van der Waals surface area contributed by atoms with E-state index in [1.807, 2.05) is 38.1 Å². The molecule has 0 bridgehead atoms. The molecule has 0 aliphatic heterocycles. The van der Waals surface area contributed by atoms with Crippen LogP contribution in [0.1, 0.15) is 30.0 Å². The normalized spacial score (nSPS) is 11.5. The van der Waals surface area contributed by atoms with Gasteiger partial charge in [-0.3, -0.25) is 0 Å². The third kappa shape index (κ3) is 3.81. The molecular weight excluding hydrogens is 269 g/mol. The van der Waals surface area contributed by atoms with Gasteiger partial charge < -0.3 is 9.94 Å². The van der Waals surface area contributed by atoms with Crippen molar-refractivity contribution in [2.45, 2.75) is 26.9 Å². The fraction of sp³-hybridized carbons (Fsp3) is 0.235. The first-order valence-electron chi connectivity index (χ1n) is 6.83. The van der Waals surface area contributed by atoms with E-state index < -0.39 is 0 Å². The molecule has 0 saturated heterocycles. The molecule has 0 fully saturated rings. The summed E-state index contributed by atoms with van der Waals surface area (Å²) in [7, 11) is 0. The van der Waals surface area contributed by atoms with E-state index in [2.05, 4.69) is 5.16 Å². The molecule has 0 heterocycles. The van der Waals surface area contributed by atoms with Crippen molar-refractivity contribution < 1.29 is 14.3 Å². The number of ether oxygens (including phenoxy) is 1. The predicted molar refractivity (Wildman–Crippen MR) is 80.5 cm³/mol. The van der Waals surface area contributed by atoms with Crippen LogP contribution in [0.4, 0.5) is 4.39 Å². The largest absolute Gasteiger partial charge is 0.489 e. The Morgan fingerprint density at radius 3 is 2.52 bits per heavy atom. The highest BCUT2D eigenvalue weighted by molar-refractivity contribution is 6.00. The van der Waals surface area contributed by atoms with Gasteiger partial charge in [-0.15, -0.1) is 0 Å². The highest BCUT2D eigenvalue weighted by Gasteiger charge is 2.04. The zero-order valence-corrected chi connectivity index (χ0v) is 12.1. The standard InChI is InChI=1S/C17H18FNO2/c1-3-17(19-20)13-5-8-16(9-6-13)21-11-14-10-15(18)7-4-12(14)2/h4-10,20H,3,11H2,1-2H3/b19-17-. The zero-order valence-electron chi connectivity index (χ0n) is 12.1. The summed E-state index contributed by atoms with van der Waals surface area (Å²) in [6, 6.07) is 12.0. The van der Waals surface area contributed by atoms with Crippen LogP contribution in [0.5, 0.6) is 5.75 Å². The van der Waals surface area contributed by atoms with Gasteiger partial charge in [0.25, 0.3) is 0 Å². The number of hydrogen-bond acceptors (Lipinski definition) is 3. The summed E-state index contributed by atoms with van der Waals surface area (Å²) in [5.41, 5.74) is 3.30. The minimum atomic E-state index is -0.263. The number of benzene rings is 2. The molecule has 0 aliphatic rings. The summed E-state index contributed by atoms with van der Waals surface area (Å²) in [6.07, 6.45) is 0.652. The van der Waals surface area contributed by atoms with Crippen molar-refractivity contribution in [1.29, 1.82) is 0 Å². The lowest BCUT2D eigenvalue weighted by atomic mass is 10.1. The monoisotopic (exact) mass is 287 g/mol. The molecule has 0 radical (unpaired) electrons. The maximum atomic E-state index is 13.2. The molecule has 110 valence electrons. The van der Waals surface area contributed by atoms with E-state index in [0.29, 0.717) is 24.5 Å². The third-order valence-corrected chi connectivity index (χ3v) is 3.35. The molecule has 3 nitrogen and oxygen atoms in total. The van der Waals surface area contributed by atoms with Gasteiger partial charge in [-0.05, 0) is 66.4 Å². The van der Waals surface area contributed by atoms with Crippen molar-refractivity contribution in [3.8, 4) is 5.75 Å². The second-order valence-electron chi connectivity index (χ2n) is 4.78. The van der Waals surface area contributed by atoms with Gasteiger partial charge in [0, 0.05) is 0 Å². The smallest absolute Gasteiger partial charge is 0.123 e. The number of hydrogen-bond donors (Lipinski definition) is 1. The predicted octanol–water partition coefficient (Wildman–Crippen LogP) is 4.30. The Bertz CT molecular complexity index is 636. The highest BCUT2D eigenvalue weighted by Crippen LogP contribution is 2.17. The van der Waals surface area contributed by atoms with Gasteiger partial charge in [-0.25, -0.2) is 4.39 Å². The lowest BCUT2D eigenvalue weighted by molar-refractivity contribution is 0.304. The summed E-state index contributed by atoms with van der Waals surface area (Å²) in [5.74, 6) is 0.428. The van der Waals surface area contributed by atoms with Crippen molar-refractivity contribution in [2.75, 3.05) is 0 Å². The summed E-state index contributed by atoms with van der Waals surface area (Å²) in [6.45, 7) is 4.16. The molecule has 0 aromatic heterocycles. The number of nitrogens with zero attached hydrogens (tertiary/aromatic N) is 1. The Balaban J connectivity index is 2.05.